The molecule has 0 amide bonds. The van der Waals surface area contributed by atoms with Gasteiger partial charge in [-0.1, -0.05) is 6.07 Å². The largest absolute Gasteiger partial charge is 0.467 e. The van der Waals surface area contributed by atoms with Crippen molar-refractivity contribution in [1.29, 1.82) is 0 Å². The first-order valence-electron chi connectivity index (χ1n) is 6.16. The fourth-order valence-electron chi connectivity index (χ4n) is 2.19. The highest BCUT2D eigenvalue weighted by atomic mass is 35.5. The van der Waals surface area contributed by atoms with Crippen molar-refractivity contribution >= 4 is 28.6 Å². The number of aryl methyl sites for hydroxylation is 1. The molecule has 2 rings (SSSR count). The van der Waals surface area contributed by atoms with Gasteiger partial charge in [-0.25, -0.2) is 9.78 Å². The molecule has 5 heteroatoms. The van der Waals surface area contributed by atoms with Crippen molar-refractivity contribution in [2.24, 2.45) is 0 Å². The molecule has 0 fully saturated rings. The van der Waals surface area contributed by atoms with Crippen molar-refractivity contribution in [1.82, 2.24) is 9.55 Å². The number of fused-ring (bicyclic) bond motifs is 1. The summed E-state index contributed by atoms with van der Waals surface area (Å²) in [6.45, 7) is 5.64. The van der Waals surface area contributed by atoms with Crippen LogP contribution in [0.15, 0.2) is 18.2 Å². The second-order valence-corrected chi connectivity index (χ2v) is 5.30. The Balaban J connectivity index is 2.70. The minimum absolute atomic E-state index is 0.278. The van der Waals surface area contributed by atoms with E-state index in [0.717, 1.165) is 16.6 Å². The van der Waals surface area contributed by atoms with Gasteiger partial charge in [0.25, 0.3) is 0 Å². The lowest BCUT2D eigenvalue weighted by molar-refractivity contribution is -0.143. The lowest BCUT2D eigenvalue weighted by Crippen LogP contribution is -2.20. The zero-order valence-corrected chi connectivity index (χ0v) is 12.2. The second-order valence-electron chi connectivity index (χ2n) is 4.65. The van der Waals surface area contributed by atoms with Crippen LogP contribution in [0.4, 0.5) is 0 Å². The molecule has 0 aliphatic heterocycles. The predicted molar refractivity (Wildman–Crippen MR) is 75.5 cm³/mol. The number of rotatable bonds is 3. The van der Waals surface area contributed by atoms with Crippen molar-refractivity contribution in [3.63, 3.8) is 0 Å². The zero-order chi connectivity index (χ0) is 14.2. The number of hydrogen-bond acceptors (Lipinski definition) is 3. The molecular formula is C14H17ClN2O2. The van der Waals surface area contributed by atoms with Crippen LogP contribution in [-0.2, 0) is 9.53 Å². The van der Waals surface area contributed by atoms with E-state index >= 15 is 0 Å². The molecule has 0 saturated heterocycles. The Labute approximate surface area is 117 Å². The van der Waals surface area contributed by atoms with Gasteiger partial charge in [0.05, 0.1) is 23.5 Å². The number of aromatic nitrogens is 2. The average molecular weight is 281 g/mol. The van der Waals surface area contributed by atoms with Gasteiger partial charge in [-0.3, -0.25) is 0 Å². The van der Waals surface area contributed by atoms with Gasteiger partial charge in [-0.2, -0.15) is 0 Å². The Bertz CT molecular complexity index is 619. The Morgan fingerprint density at radius 2 is 2.11 bits per heavy atom. The van der Waals surface area contributed by atoms with Crippen LogP contribution < -0.4 is 0 Å². The lowest BCUT2D eigenvalue weighted by atomic mass is 10.2. The van der Waals surface area contributed by atoms with Gasteiger partial charge >= 0.3 is 5.97 Å². The van der Waals surface area contributed by atoms with E-state index in [1.807, 2.05) is 36.6 Å². The summed E-state index contributed by atoms with van der Waals surface area (Å²) < 4.78 is 6.67. The average Bonchev–Trinajstić information content (AvgIpc) is 2.75. The monoisotopic (exact) mass is 280 g/mol. The number of hydrogen-bond donors (Lipinski definition) is 0. The standard InChI is InChI=1S/C14H17ClN2O2/c1-8-5-6-11-12(7-8)17(10(3)14(18)19-4)13(16-11)9(2)15/h5-7,9-10H,1-4H3. The Morgan fingerprint density at radius 1 is 1.42 bits per heavy atom. The van der Waals surface area contributed by atoms with Gasteiger partial charge in [0.15, 0.2) is 0 Å². The quantitative estimate of drug-likeness (QED) is 0.639. The van der Waals surface area contributed by atoms with Crippen LogP contribution in [0.5, 0.6) is 0 Å². The first-order chi connectivity index (χ1) is 8.95. The number of ether oxygens (including phenoxy) is 1. The highest BCUT2D eigenvalue weighted by Crippen LogP contribution is 2.29. The molecule has 0 N–H and O–H groups in total. The molecule has 0 radical (unpaired) electrons. The molecule has 2 atom stereocenters. The van der Waals surface area contributed by atoms with Crippen LogP contribution in [-0.4, -0.2) is 22.6 Å². The van der Waals surface area contributed by atoms with E-state index in [-0.39, 0.29) is 11.3 Å². The third-order valence-corrected chi connectivity index (χ3v) is 3.35. The van der Waals surface area contributed by atoms with Gasteiger partial charge in [-0.15, -0.1) is 11.6 Å². The maximum atomic E-state index is 11.8. The minimum atomic E-state index is -0.451. The van der Waals surface area contributed by atoms with Crippen molar-refractivity contribution in [2.75, 3.05) is 7.11 Å². The number of nitrogens with zero attached hydrogens (tertiary/aromatic N) is 2. The van der Waals surface area contributed by atoms with Crippen LogP contribution in [0.2, 0.25) is 0 Å². The molecule has 1 aromatic carbocycles. The van der Waals surface area contributed by atoms with E-state index in [9.17, 15) is 4.79 Å². The SMILES string of the molecule is COC(=O)C(C)n1c(C(C)Cl)nc2ccc(C)cc21. The van der Waals surface area contributed by atoms with Crippen LogP contribution >= 0.6 is 11.6 Å². The number of carbonyl (C=O) groups excluding carboxylic acids is 1. The predicted octanol–water partition coefficient (Wildman–Crippen LogP) is 3.38. The van der Waals surface area contributed by atoms with Gasteiger partial charge < -0.3 is 9.30 Å². The van der Waals surface area contributed by atoms with E-state index < -0.39 is 6.04 Å². The minimum Gasteiger partial charge on any atom is -0.467 e. The topological polar surface area (TPSA) is 44.1 Å². The number of imidazole rings is 1. The van der Waals surface area contributed by atoms with Crippen molar-refractivity contribution in [3.8, 4) is 0 Å². The summed E-state index contributed by atoms with van der Waals surface area (Å²) in [6.07, 6.45) is 0. The number of benzene rings is 1. The molecule has 0 bridgehead atoms. The van der Waals surface area contributed by atoms with Crippen LogP contribution in [0.1, 0.15) is 36.7 Å². The molecular weight excluding hydrogens is 264 g/mol. The van der Waals surface area contributed by atoms with Gasteiger partial charge in [-0.05, 0) is 38.5 Å². The molecule has 1 aromatic heterocycles. The molecule has 4 nitrogen and oxygen atoms in total. The molecule has 0 saturated carbocycles. The maximum Gasteiger partial charge on any atom is 0.328 e. The van der Waals surface area contributed by atoms with E-state index in [0.29, 0.717) is 5.82 Å². The van der Waals surface area contributed by atoms with E-state index in [1.54, 1.807) is 6.92 Å². The number of halogens is 1. The Hall–Kier alpha value is -1.55. The number of esters is 1. The van der Waals surface area contributed by atoms with Gasteiger partial charge in [0.1, 0.15) is 11.9 Å². The molecule has 0 aliphatic rings. The lowest BCUT2D eigenvalue weighted by Gasteiger charge is -2.16. The van der Waals surface area contributed by atoms with E-state index in [1.165, 1.54) is 7.11 Å². The number of alkyl halides is 1. The van der Waals surface area contributed by atoms with Gasteiger partial charge in [0, 0.05) is 0 Å². The molecule has 102 valence electrons. The molecule has 2 aromatic rings. The molecule has 19 heavy (non-hydrogen) atoms. The van der Waals surface area contributed by atoms with Crippen LogP contribution in [0.3, 0.4) is 0 Å². The molecule has 0 spiro atoms. The normalized spacial score (nSPS) is 14.4. The summed E-state index contributed by atoms with van der Waals surface area (Å²) in [6, 6.07) is 5.48. The van der Waals surface area contributed by atoms with Crippen molar-refractivity contribution in [3.05, 3.63) is 29.6 Å². The molecule has 1 heterocycles. The first-order valence-corrected chi connectivity index (χ1v) is 6.59. The summed E-state index contributed by atoms with van der Waals surface area (Å²) in [7, 11) is 1.38. The molecule has 0 aliphatic carbocycles. The van der Waals surface area contributed by atoms with Crippen LogP contribution in [0.25, 0.3) is 11.0 Å². The fourth-order valence-corrected chi connectivity index (χ4v) is 2.34. The van der Waals surface area contributed by atoms with Crippen LogP contribution in [0, 0.1) is 6.92 Å². The zero-order valence-electron chi connectivity index (χ0n) is 11.5. The smallest absolute Gasteiger partial charge is 0.328 e. The van der Waals surface area contributed by atoms with Crippen molar-refractivity contribution in [2.45, 2.75) is 32.2 Å². The Kier molecular flexibility index (Phi) is 3.80. The second kappa shape index (κ2) is 5.21. The van der Waals surface area contributed by atoms with Crippen molar-refractivity contribution < 1.29 is 9.53 Å². The van der Waals surface area contributed by atoms with E-state index in [4.69, 9.17) is 16.3 Å². The fraction of sp³-hybridized carbons (Fsp3) is 0.429. The third-order valence-electron chi connectivity index (χ3n) is 3.16. The Morgan fingerprint density at radius 3 is 2.68 bits per heavy atom. The summed E-state index contributed by atoms with van der Waals surface area (Å²) in [5.41, 5.74) is 2.85. The number of methoxy groups -OCH3 is 1. The summed E-state index contributed by atoms with van der Waals surface area (Å²) >= 11 is 6.18. The molecule has 2 unspecified atom stereocenters. The first kappa shape index (κ1) is 13.9. The van der Waals surface area contributed by atoms with E-state index in [2.05, 4.69) is 4.98 Å². The maximum absolute atomic E-state index is 11.8. The summed E-state index contributed by atoms with van der Waals surface area (Å²) in [4.78, 5) is 16.3. The third kappa shape index (κ3) is 2.45. The summed E-state index contributed by atoms with van der Waals surface area (Å²) in [5, 5.41) is -0.278. The number of carbonyl (C=O) groups is 1. The highest BCUT2D eigenvalue weighted by molar-refractivity contribution is 6.20. The van der Waals surface area contributed by atoms with Gasteiger partial charge in [0.2, 0.25) is 0 Å². The highest BCUT2D eigenvalue weighted by Gasteiger charge is 2.24. The summed E-state index contributed by atoms with van der Waals surface area (Å²) in [5.74, 6) is 0.375.